The average Bonchev–Trinajstić information content (AvgIpc) is 2.58. The van der Waals surface area contributed by atoms with Crippen molar-refractivity contribution in [1.29, 1.82) is 0 Å². The lowest BCUT2D eigenvalue weighted by molar-refractivity contribution is 0.101. The van der Waals surface area contributed by atoms with Crippen LogP contribution < -0.4 is 10.6 Å². The number of aromatic nitrogens is 2. The summed E-state index contributed by atoms with van der Waals surface area (Å²) >= 11 is 6.35. The fourth-order valence-electron chi connectivity index (χ4n) is 2.66. The van der Waals surface area contributed by atoms with Gasteiger partial charge in [0, 0.05) is 17.3 Å². The highest BCUT2D eigenvalue weighted by molar-refractivity contribution is 6.33. The van der Waals surface area contributed by atoms with Gasteiger partial charge in [0.1, 0.15) is 18.0 Å². The van der Waals surface area contributed by atoms with Gasteiger partial charge in [-0.3, -0.25) is 4.79 Å². The molecule has 1 aromatic heterocycles. The van der Waals surface area contributed by atoms with E-state index >= 15 is 0 Å². The number of anilines is 4. The smallest absolute Gasteiger partial charge is 0.159 e. The highest BCUT2D eigenvalue weighted by Crippen LogP contribution is 2.30. The van der Waals surface area contributed by atoms with Gasteiger partial charge in [-0.25, -0.2) is 9.97 Å². The lowest BCUT2D eigenvalue weighted by Gasteiger charge is -2.13. The van der Waals surface area contributed by atoms with E-state index in [4.69, 9.17) is 11.6 Å². The number of ketones is 1. The zero-order valence-electron chi connectivity index (χ0n) is 14.8. The van der Waals surface area contributed by atoms with Crippen molar-refractivity contribution in [2.24, 2.45) is 0 Å². The van der Waals surface area contributed by atoms with E-state index < -0.39 is 0 Å². The molecule has 0 atom stereocenters. The third-order valence-electron chi connectivity index (χ3n) is 3.89. The predicted molar refractivity (Wildman–Crippen MR) is 106 cm³/mol. The largest absolute Gasteiger partial charge is 0.340 e. The third kappa shape index (κ3) is 4.18. The Morgan fingerprint density at radius 2 is 1.73 bits per heavy atom. The minimum Gasteiger partial charge on any atom is -0.340 e. The fourth-order valence-corrected chi connectivity index (χ4v) is 3.03. The van der Waals surface area contributed by atoms with Crippen LogP contribution in [0.3, 0.4) is 0 Å². The second kappa shape index (κ2) is 7.54. The molecule has 0 saturated heterocycles. The number of nitrogens with zero attached hydrogens (tertiary/aromatic N) is 2. The molecule has 0 amide bonds. The number of hydrogen-bond donors (Lipinski definition) is 2. The van der Waals surface area contributed by atoms with Crippen LogP contribution in [0.25, 0.3) is 0 Å². The van der Waals surface area contributed by atoms with Crippen LogP contribution in [0, 0.1) is 13.8 Å². The van der Waals surface area contributed by atoms with Crippen molar-refractivity contribution < 1.29 is 4.79 Å². The molecule has 6 heteroatoms. The van der Waals surface area contributed by atoms with E-state index in [9.17, 15) is 4.79 Å². The number of benzene rings is 2. The number of carbonyl (C=O) groups is 1. The van der Waals surface area contributed by atoms with Crippen LogP contribution in [0.1, 0.15) is 28.4 Å². The van der Waals surface area contributed by atoms with Crippen LogP contribution in [0.2, 0.25) is 5.02 Å². The van der Waals surface area contributed by atoms with E-state index in [1.165, 1.54) is 6.33 Å². The van der Waals surface area contributed by atoms with Gasteiger partial charge in [-0.1, -0.05) is 29.8 Å². The Balaban J connectivity index is 1.83. The highest BCUT2D eigenvalue weighted by atomic mass is 35.5. The maximum absolute atomic E-state index is 11.5. The summed E-state index contributed by atoms with van der Waals surface area (Å²) in [6, 6.07) is 13.0. The zero-order chi connectivity index (χ0) is 18.7. The van der Waals surface area contributed by atoms with E-state index in [2.05, 4.69) is 26.7 Å². The van der Waals surface area contributed by atoms with Gasteiger partial charge in [0.05, 0.1) is 10.7 Å². The molecule has 2 aromatic carbocycles. The molecule has 0 spiro atoms. The summed E-state index contributed by atoms with van der Waals surface area (Å²) in [5, 5.41) is 7.08. The van der Waals surface area contributed by atoms with E-state index in [0.717, 1.165) is 22.5 Å². The first-order chi connectivity index (χ1) is 12.4. The molecule has 0 bridgehead atoms. The second-order valence-electron chi connectivity index (χ2n) is 6.11. The van der Waals surface area contributed by atoms with Crippen molar-refractivity contribution >= 4 is 40.4 Å². The second-order valence-corrected chi connectivity index (χ2v) is 6.52. The number of rotatable bonds is 5. The molecule has 5 nitrogen and oxygen atoms in total. The Morgan fingerprint density at radius 3 is 2.42 bits per heavy atom. The fraction of sp³-hybridized carbons (Fsp3) is 0.150. The Kier molecular flexibility index (Phi) is 5.19. The SMILES string of the molecule is CC(=O)c1cccc(Nc2cc(Nc3c(C)cc(C)cc3Cl)ncn2)c1. The number of aryl methyl sites for hydroxylation is 2. The van der Waals surface area contributed by atoms with Gasteiger partial charge < -0.3 is 10.6 Å². The van der Waals surface area contributed by atoms with E-state index in [1.807, 2.05) is 32.0 Å². The van der Waals surface area contributed by atoms with Crippen molar-refractivity contribution in [3.05, 3.63) is 70.5 Å². The summed E-state index contributed by atoms with van der Waals surface area (Å²) < 4.78 is 0. The van der Waals surface area contributed by atoms with Crippen molar-refractivity contribution in [2.45, 2.75) is 20.8 Å². The topological polar surface area (TPSA) is 66.9 Å². The molecule has 3 rings (SSSR count). The van der Waals surface area contributed by atoms with Crippen LogP contribution in [0.4, 0.5) is 23.0 Å². The lowest BCUT2D eigenvalue weighted by atomic mass is 10.1. The first kappa shape index (κ1) is 17.9. The monoisotopic (exact) mass is 366 g/mol. The summed E-state index contributed by atoms with van der Waals surface area (Å²) in [6.45, 7) is 5.54. The molecule has 26 heavy (non-hydrogen) atoms. The van der Waals surface area contributed by atoms with Crippen molar-refractivity contribution in [1.82, 2.24) is 9.97 Å². The summed E-state index contributed by atoms with van der Waals surface area (Å²) in [5.41, 5.74) is 4.39. The molecule has 0 aliphatic carbocycles. The van der Waals surface area contributed by atoms with E-state index in [1.54, 1.807) is 25.1 Å². The third-order valence-corrected chi connectivity index (χ3v) is 4.19. The van der Waals surface area contributed by atoms with Gasteiger partial charge in [0.25, 0.3) is 0 Å². The number of nitrogens with one attached hydrogen (secondary N) is 2. The Hall–Kier alpha value is -2.92. The average molecular weight is 367 g/mol. The quantitative estimate of drug-likeness (QED) is 0.589. The maximum atomic E-state index is 11.5. The first-order valence-corrected chi connectivity index (χ1v) is 8.54. The molecule has 3 aromatic rings. The van der Waals surface area contributed by atoms with Crippen LogP contribution in [0.15, 0.2) is 48.8 Å². The Labute approximate surface area is 157 Å². The normalized spacial score (nSPS) is 10.5. The van der Waals surface area contributed by atoms with Crippen molar-refractivity contribution in [2.75, 3.05) is 10.6 Å². The molecular weight excluding hydrogens is 348 g/mol. The predicted octanol–water partition coefficient (Wildman–Crippen LogP) is 5.44. The summed E-state index contributed by atoms with van der Waals surface area (Å²) in [5.74, 6) is 1.26. The number of halogens is 1. The molecule has 132 valence electrons. The van der Waals surface area contributed by atoms with Gasteiger partial charge in [-0.05, 0) is 50.1 Å². The Morgan fingerprint density at radius 1 is 1.00 bits per heavy atom. The maximum Gasteiger partial charge on any atom is 0.159 e. The molecule has 0 saturated carbocycles. The zero-order valence-corrected chi connectivity index (χ0v) is 15.6. The van der Waals surface area contributed by atoms with Crippen molar-refractivity contribution in [3.8, 4) is 0 Å². The van der Waals surface area contributed by atoms with Crippen molar-refractivity contribution in [3.63, 3.8) is 0 Å². The molecule has 0 unspecified atom stereocenters. The molecular formula is C20H19ClN4O. The summed E-state index contributed by atoms with van der Waals surface area (Å²) in [6.07, 6.45) is 1.47. The van der Waals surface area contributed by atoms with Gasteiger partial charge in [0.15, 0.2) is 5.78 Å². The minimum absolute atomic E-state index is 0.0168. The minimum atomic E-state index is 0.0168. The highest BCUT2D eigenvalue weighted by Gasteiger charge is 2.08. The Bertz CT molecular complexity index is 949. The van der Waals surface area contributed by atoms with Gasteiger partial charge in [-0.15, -0.1) is 0 Å². The van der Waals surface area contributed by atoms with Crippen LogP contribution >= 0.6 is 11.6 Å². The standard InChI is InChI=1S/C20H19ClN4O/c1-12-7-13(2)20(17(21)8-12)25-19-10-18(22-11-23-19)24-16-6-4-5-15(9-16)14(3)26/h4-11H,1-3H3,(H2,22,23,24,25). The molecule has 0 aliphatic rings. The van der Waals surface area contributed by atoms with Crippen LogP contribution in [0.5, 0.6) is 0 Å². The number of Topliss-reactive ketones (excluding diaryl/α,β-unsaturated/α-hetero) is 1. The molecule has 0 fully saturated rings. The molecule has 0 radical (unpaired) electrons. The van der Waals surface area contributed by atoms with Gasteiger partial charge >= 0.3 is 0 Å². The van der Waals surface area contributed by atoms with Crippen LogP contribution in [-0.2, 0) is 0 Å². The first-order valence-electron chi connectivity index (χ1n) is 8.16. The number of carbonyl (C=O) groups excluding carboxylic acids is 1. The summed E-state index contributed by atoms with van der Waals surface area (Å²) in [7, 11) is 0. The summed E-state index contributed by atoms with van der Waals surface area (Å²) in [4.78, 5) is 20.0. The van der Waals surface area contributed by atoms with Gasteiger partial charge in [-0.2, -0.15) is 0 Å². The van der Waals surface area contributed by atoms with Crippen LogP contribution in [-0.4, -0.2) is 15.8 Å². The van der Waals surface area contributed by atoms with E-state index in [0.29, 0.717) is 22.2 Å². The lowest BCUT2D eigenvalue weighted by Crippen LogP contribution is -2.01. The number of hydrogen-bond acceptors (Lipinski definition) is 5. The van der Waals surface area contributed by atoms with E-state index in [-0.39, 0.29) is 5.78 Å². The molecule has 1 heterocycles. The molecule has 0 aliphatic heterocycles. The molecule has 2 N–H and O–H groups in total. The van der Waals surface area contributed by atoms with Gasteiger partial charge in [0.2, 0.25) is 0 Å².